The van der Waals surface area contributed by atoms with E-state index in [2.05, 4.69) is 16.0 Å². The van der Waals surface area contributed by atoms with Gasteiger partial charge in [0.25, 0.3) is 0 Å². The number of β-amino-alcohol motifs (C(OH)–C–C–N with tert-alkyl or cyclic N) is 1. The van der Waals surface area contributed by atoms with Crippen LogP contribution in [0, 0.1) is 23.0 Å². The Kier molecular flexibility index (Phi) is 7.53. The molecule has 0 unspecified atom stereocenters. The number of rotatable bonds is 7. The highest BCUT2D eigenvalue weighted by Gasteiger charge is 2.31. The van der Waals surface area contributed by atoms with E-state index in [0.717, 1.165) is 11.5 Å². The molecule has 1 N–H and O–H groups in total. The molecule has 2 saturated heterocycles. The summed E-state index contributed by atoms with van der Waals surface area (Å²) in [6, 6.07) is 9.51. The minimum atomic E-state index is -0.426. The van der Waals surface area contributed by atoms with Crippen LogP contribution in [0.1, 0.15) is 17.5 Å². The summed E-state index contributed by atoms with van der Waals surface area (Å²) < 4.78 is 30.8. The molecule has 10 nitrogen and oxygen atoms in total. The van der Waals surface area contributed by atoms with Crippen molar-refractivity contribution in [2.45, 2.75) is 19.4 Å². The lowest BCUT2D eigenvalue weighted by atomic mass is 10.1. The maximum atomic E-state index is 15.4. The molecule has 4 aromatic rings. The zero-order valence-corrected chi connectivity index (χ0v) is 24.1. The van der Waals surface area contributed by atoms with Crippen molar-refractivity contribution in [1.29, 1.82) is 5.26 Å². The maximum Gasteiger partial charge on any atom is 0.236 e. The molecule has 1 amide bonds. The highest BCUT2D eigenvalue weighted by Crippen LogP contribution is 2.37. The Morgan fingerprint density at radius 2 is 1.88 bits per heavy atom. The van der Waals surface area contributed by atoms with E-state index in [1.165, 1.54) is 29.5 Å². The third-order valence-corrected chi connectivity index (χ3v) is 8.83. The van der Waals surface area contributed by atoms with Crippen LogP contribution < -0.4 is 9.80 Å². The first-order chi connectivity index (χ1) is 20.2. The highest BCUT2D eigenvalue weighted by molar-refractivity contribution is 7.16. The first-order valence-electron chi connectivity index (χ1n) is 13.8. The van der Waals surface area contributed by atoms with E-state index in [0.29, 0.717) is 78.3 Å². The maximum absolute atomic E-state index is 15.4. The SMILES string of the molecule is CCc1nc2cc(F)c(N3CCN(CC(=O)N4CC(O)C4)CC3)cn2c1N(C)c1nc(-c2ccc(F)cc2)c(C#N)s1. The van der Waals surface area contributed by atoms with Gasteiger partial charge in [-0.3, -0.25) is 14.1 Å². The second-order valence-corrected chi connectivity index (χ2v) is 11.5. The molecule has 0 spiro atoms. The Labute approximate surface area is 245 Å². The van der Waals surface area contributed by atoms with Gasteiger partial charge in [-0.25, -0.2) is 18.7 Å². The summed E-state index contributed by atoms with van der Waals surface area (Å²) in [7, 11) is 1.84. The summed E-state index contributed by atoms with van der Waals surface area (Å²) in [4.78, 5) is 29.8. The van der Waals surface area contributed by atoms with E-state index in [4.69, 9.17) is 4.98 Å². The fourth-order valence-electron chi connectivity index (χ4n) is 5.43. The summed E-state index contributed by atoms with van der Waals surface area (Å²) in [5.41, 5.74) is 2.78. The van der Waals surface area contributed by atoms with Crippen molar-refractivity contribution < 1.29 is 18.7 Å². The molecule has 2 aliphatic rings. The van der Waals surface area contributed by atoms with Gasteiger partial charge in [0, 0.05) is 64.1 Å². The predicted molar refractivity (Wildman–Crippen MR) is 156 cm³/mol. The number of nitrogens with zero attached hydrogens (tertiary/aromatic N) is 8. The van der Waals surface area contributed by atoms with Crippen molar-refractivity contribution in [3.63, 3.8) is 0 Å². The number of nitriles is 1. The molecule has 2 aliphatic heterocycles. The van der Waals surface area contributed by atoms with Crippen LogP contribution in [0.15, 0.2) is 36.5 Å². The number of thiazole rings is 1. The normalized spacial score (nSPS) is 16.1. The van der Waals surface area contributed by atoms with Gasteiger partial charge in [0.1, 0.15) is 33.9 Å². The van der Waals surface area contributed by atoms with Gasteiger partial charge >= 0.3 is 0 Å². The number of aliphatic hydroxyl groups is 1. The molecule has 5 heterocycles. The van der Waals surface area contributed by atoms with Crippen molar-refractivity contribution in [2.75, 3.05) is 62.7 Å². The number of pyridine rings is 1. The molecule has 6 rings (SSSR count). The number of carbonyl (C=O) groups excluding carboxylic acids is 1. The minimum absolute atomic E-state index is 0.00358. The number of amides is 1. The topological polar surface area (TPSA) is 104 Å². The van der Waals surface area contributed by atoms with E-state index in [1.807, 2.05) is 28.2 Å². The zero-order valence-electron chi connectivity index (χ0n) is 23.3. The van der Waals surface area contributed by atoms with Gasteiger partial charge < -0.3 is 19.8 Å². The van der Waals surface area contributed by atoms with Crippen LogP contribution in [-0.2, 0) is 11.2 Å². The number of benzene rings is 1. The number of hydrogen-bond donors (Lipinski definition) is 1. The second-order valence-electron chi connectivity index (χ2n) is 10.5. The lowest BCUT2D eigenvalue weighted by Gasteiger charge is -2.39. The molecule has 0 radical (unpaired) electrons. The highest BCUT2D eigenvalue weighted by atomic mass is 32.1. The largest absolute Gasteiger partial charge is 0.389 e. The second kappa shape index (κ2) is 11.3. The first-order valence-corrected chi connectivity index (χ1v) is 14.6. The summed E-state index contributed by atoms with van der Waals surface area (Å²) >= 11 is 1.22. The molecular formula is C29H30F2N8O2S. The number of carbonyl (C=O) groups is 1. The molecular weight excluding hydrogens is 562 g/mol. The Bertz CT molecular complexity index is 1670. The number of aryl methyl sites for hydroxylation is 1. The standard InChI is InChI=1S/C29H30F2N8O2S/c1-3-22-28(35(2)29-34-27(24(13-32)42-29)18-4-6-19(30)7-5-18)39-16-23(21(31)12-25(39)33-22)37-10-8-36(9-11-37)17-26(41)38-14-20(40)15-38/h4-7,12,16,20,40H,3,8-11,14-15,17H2,1-2H3. The lowest BCUT2D eigenvalue weighted by molar-refractivity contribution is -0.142. The zero-order chi connectivity index (χ0) is 29.5. The van der Waals surface area contributed by atoms with Gasteiger partial charge in [-0.2, -0.15) is 5.26 Å². The van der Waals surface area contributed by atoms with Crippen molar-refractivity contribution in [1.82, 2.24) is 24.2 Å². The number of piperazine rings is 1. The Balaban J connectivity index is 1.26. The van der Waals surface area contributed by atoms with E-state index >= 15 is 4.39 Å². The minimum Gasteiger partial charge on any atom is -0.389 e. The van der Waals surface area contributed by atoms with Crippen LogP contribution >= 0.6 is 11.3 Å². The first kappa shape index (κ1) is 28.0. The molecule has 0 atom stereocenters. The van der Waals surface area contributed by atoms with Gasteiger partial charge in [-0.05, 0) is 30.7 Å². The Morgan fingerprint density at radius 1 is 1.17 bits per heavy atom. The summed E-state index contributed by atoms with van der Waals surface area (Å²) in [5, 5.41) is 19.8. The fourth-order valence-corrected chi connectivity index (χ4v) is 6.28. The Hall–Kier alpha value is -4.12. The lowest BCUT2D eigenvalue weighted by Crippen LogP contribution is -2.57. The molecule has 0 saturated carbocycles. The van der Waals surface area contributed by atoms with Crippen molar-refractivity contribution in [3.8, 4) is 17.3 Å². The Morgan fingerprint density at radius 3 is 2.52 bits per heavy atom. The van der Waals surface area contributed by atoms with Crippen LogP contribution in [0.2, 0.25) is 0 Å². The summed E-state index contributed by atoms with van der Waals surface area (Å²) in [6.45, 7) is 5.37. The van der Waals surface area contributed by atoms with E-state index in [-0.39, 0.29) is 24.1 Å². The summed E-state index contributed by atoms with van der Waals surface area (Å²) in [6.07, 6.45) is 1.93. The monoisotopic (exact) mass is 592 g/mol. The smallest absolute Gasteiger partial charge is 0.236 e. The molecule has 1 aromatic carbocycles. The van der Waals surface area contributed by atoms with E-state index in [1.54, 1.807) is 23.2 Å². The van der Waals surface area contributed by atoms with Crippen LogP contribution in [0.25, 0.3) is 16.9 Å². The molecule has 0 aliphatic carbocycles. The van der Waals surface area contributed by atoms with Gasteiger partial charge in [0.05, 0.1) is 24.0 Å². The molecule has 0 bridgehead atoms. The number of hydrogen-bond acceptors (Lipinski definition) is 9. The number of anilines is 3. The quantitative estimate of drug-likeness (QED) is 0.349. The van der Waals surface area contributed by atoms with Crippen LogP contribution in [0.4, 0.5) is 25.4 Å². The number of fused-ring (bicyclic) bond motifs is 1. The van der Waals surface area contributed by atoms with Gasteiger partial charge in [-0.1, -0.05) is 18.3 Å². The van der Waals surface area contributed by atoms with E-state index < -0.39 is 6.10 Å². The van der Waals surface area contributed by atoms with Gasteiger partial charge in [0.15, 0.2) is 10.9 Å². The molecule has 218 valence electrons. The van der Waals surface area contributed by atoms with Crippen molar-refractivity contribution in [2.24, 2.45) is 0 Å². The molecule has 42 heavy (non-hydrogen) atoms. The molecule has 3 aromatic heterocycles. The van der Waals surface area contributed by atoms with Gasteiger partial charge in [0.2, 0.25) is 5.91 Å². The number of likely N-dealkylation sites (tertiary alicyclic amines) is 1. The fraction of sp³-hybridized carbons (Fsp3) is 0.379. The summed E-state index contributed by atoms with van der Waals surface area (Å²) in [5.74, 6) is -0.0148. The molecule has 2 fully saturated rings. The van der Waals surface area contributed by atoms with Gasteiger partial charge in [-0.15, -0.1) is 0 Å². The third-order valence-electron chi connectivity index (χ3n) is 7.80. The van der Waals surface area contributed by atoms with Crippen LogP contribution in [-0.4, -0.2) is 94.1 Å². The molecule has 13 heteroatoms. The van der Waals surface area contributed by atoms with Crippen LogP contribution in [0.3, 0.4) is 0 Å². The predicted octanol–water partition coefficient (Wildman–Crippen LogP) is 3.26. The average Bonchev–Trinajstić information content (AvgIpc) is 3.57. The average molecular weight is 593 g/mol. The van der Waals surface area contributed by atoms with E-state index in [9.17, 15) is 19.6 Å². The number of halogens is 2. The third kappa shape index (κ3) is 5.17. The number of imidazole rings is 1. The number of aromatic nitrogens is 3. The number of aliphatic hydroxyl groups excluding tert-OH is 1. The van der Waals surface area contributed by atoms with Crippen molar-refractivity contribution in [3.05, 3.63) is 58.7 Å². The van der Waals surface area contributed by atoms with Crippen LogP contribution in [0.5, 0.6) is 0 Å². The van der Waals surface area contributed by atoms with Crippen molar-refractivity contribution >= 4 is 39.5 Å².